The van der Waals surface area contributed by atoms with Crippen molar-refractivity contribution in [3.8, 4) is 5.69 Å². The van der Waals surface area contributed by atoms with Crippen LogP contribution < -0.4 is 21.5 Å². The number of carbonyl (C=O) groups is 1. The number of aromatic amines is 1. The van der Waals surface area contributed by atoms with Crippen molar-refractivity contribution in [2.45, 2.75) is 19.8 Å². The number of aromatic nitrogens is 4. The fourth-order valence-electron chi connectivity index (χ4n) is 4.49. The van der Waals surface area contributed by atoms with E-state index in [1.54, 1.807) is 18.2 Å². The highest BCUT2D eigenvalue weighted by Gasteiger charge is 2.26. The number of ether oxygens (including phenoxy) is 1. The number of benzene rings is 2. The second-order valence-corrected chi connectivity index (χ2v) is 9.60. The van der Waals surface area contributed by atoms with Gasteiger partial charge in [0, 0.05) is 30.7 Å². The molecule has 196 valence electrons. The molecule has 1 saturated heterocycles. The molecule has 0 radical (unpaired) electrons. The van der Waals surface area contributed by atoms with E-state index in [9.17, 15) is 14.4 Å². The van der Waals surface area contributed by atoms with Crippen LogP contribution in [0.25, 0.3) is 16.7 Å². The van der Waals surface area contributed by atoms with Crippen molar-refractivity contribution in [3.63, 3.8) is 0 Å². The number of hydrogen-bond acceptors (Lipinski definition) is 8. The van der Waals surface area contributed by atoms with Crippen molar-refractivity contribution in [3.05, 3.63) is 79.5 Å². The number of carbonyl (C=O) groups excluding carboxylic acids is 1. The van der Waals surface area contributed by atoms with Gasteiger partial charge >= 0.3 is 11.7 Å². The molecule has 0 bridgehead atoms. The number of nitrogens with one attached hydrogen (secondary N) is 2. The molecule has 38 heavy (non-hydrogen) atoms. The summed E-state index contributed by atoms with van der Waals surface area (Å²) >= 11 is 12.4. The van der Waals surface area contributed by atoms with E-state index in [0.717, 1.165) is 41.9 Å². The molecule has 0 atom stereocenters. The zero-order chi connectivity index (χ0) is 26.8. The lowest BCUT2D eigenvalue weighted by Gasteiger charge is -2.32. The standard InChI is InChI=1S/C26H24Cl2N6O4/c1-2-38-24(36)15-10-12-33(13-11-15)17-8-6-16(7-9-17)30-25-29-14-18-22(31-25)32-26(37)34(23(18)35)21-19(27)4-3-5-20(21)28/h3-9,14-15H,2,10-13H2,1H3,(H2,29,30,31,32,37). The van der Waals surface area contributed by atoms with Gasteiger partial charge in [0.25, 0.3) is 5.56 Å². The Morgan fingerprint density at radius 3 is 2.45 bits per heavy atom. The molecule has 1 aliphatic rings. The lowest BCUT2D eigenvalue weighted by atomic mass is 9.96. The largest absolute Gasteiger partial charge is 0.466 e. The molecule has 0 amide bonds. The number of halogens is 2. The highest BCUT2D eigenvalue weighted by Crippen LogP contribution is 2.27. The number of nitrogens with zero attached hydrogens (tertiary/aromatic N) is 4. The van der Waals surface area contributed by atoms with E-state index < -0.39 is 11.2 Å². The summed E-state index contributed by atoms with van der Waals surface area (Å²) in [6, 6.07) is 12.4. The fourth-order valence-corrected chi connectivity index (χ4v) is 5.05. The maximum Gasteiger partial charge on any atom is 0.334 e. The Morgan fingerprint density at radius 1 is 1.11 bits per heavy atom. The summed E-state index contributed by atoms with van der Waals surface area (Å²) in [5.74, 6) is 0.0495. The van der Waals surface area contributed by atoms with Gasteiger partial charge in [-0.1, -0.05) is 29.3 Å². The first-order chi connectivity index (χ1) is 18.4. The Balaban J connectivity index is 1.33. The lowest BCUT2D eigenvalue weighted by molar-refractivity contribution is -0.148. The quantitative estimate of drug-likeness (QED) is 0.338. The molecule has 0 aliphatic carbocycles. The number of rotatable bonds is 6. The maximum atomic E-state index is 13.1. The van der Waals surface area contributed by atoms with E-state index in [4.69, 9.17) is 27.9 Å². The molecule has 0 unspecified atom stereocenters. The van der Waals surface area contributed by atoms with Crippen LogP contribution in [0.15, 0.2) is 58.3 Å². The fraction of sp³-hybridized carbons (Fsp3) is 0.269. The Bertz CT molecular complexity index is 1590. The molecule has 12 heteroatoms. The number of piperidine rings is 1. The highest BCUT2D eigenvalue weighted by molar-refractivity contribution is 6.37. The third kappa shape index (κ3) is 5.09. The first-order valence-electron chi connectivity index (χ1n) is 12.1. The van der Waals surface area contributed by atoms with Gasteiger partial charge in [-0.2, -0.15) is 4.98 Å². The van der Waals surface area contributed by atoms with Crippen molar-refractivity contribution in [2.24, 2.45) is 5.92 Å². The van der Waals surface area contributed by atoms with Crippen molar-refractivity contribution >= 4 is 57.5 Å². The second kappa shape index (κ2) is 10.8. The highest BCUT2D eigenvalue weighted by atomic mass is 35.5. The molecule has 0 saturated carbocycles. The van der Waals surface area contributed by atoms with Crippen LogP contribution in [0.2, 0.25) is 10.0 Å². The van der Waals surface area contributed by atoms with E-state index in [1.807, 2.05) is 31.2 Å². The zero-order valence-corrected chi connectivity index (χ0v) is 21.9. The van der Waals surface area contributed by atoms with Crippen molar-refractivity contribution in [1.82, 2.24) is 19.5 Å². The monoisotopic (exact) mass is 554 g/mol. The van der Waals surface area contributed by atoms with Gasteiger partial charge in [-0.3, -0.25) is 14.6 Å². The van der Waals surface area contributed by atoms with Crippen LogP contribution in [-0.4, -0.2) is 45.2 Å². The van der Waals surface area contributed by atoms with Crippen LogP contribution in [0.3, 0.4) is 0 Å². The van der Waals surface area contributed by atoms with Gasteiger partial charge in [-0.15, -0.1) is 0 Å². The third-order valence-electron chi connectivity index (χ3n) is 6.42. The van der Waals surface area contributed by atoms with E-state index in [2.05, 4.69) is 25.2 Å². The minimum Gasteiger partial charge on any atom is -0.466 e. The summed E-state index contributed by atoms with van der Waals surface area (Å²) in [6.45, 7) is 3.77. The molecule has 2 aromatic heterocycles. The summed E-state index contributed by atoms with van der Waals surface area (Å²) in [4.78, 5) is 51.3. The predicted molar refractivity (Wildman–Crippen MR) is 147 cm³/mol. The van der Waals surface area contributed by atoms with Crippen LogP contribution >= 0.6 is 23.2 Å². The third-order valence-corrected chi connectivity index (χ3v) is 7.03. The number of anilines is 3. The summed E-state index contributed by atoms with van der Waals surface area (Å²) in [6.07, 6.45) is 2.85. The molecule has 3 heterocycles. The Morgan fingerprint density at radius 2 is 1.79 bits per heavy atom. The molecular formula is C26H24Cl2N6O4. The van der Waals surface area contributed by atoms with Gasteiger partial charge in [-0.25, -0.2) is 14.3 Å². The molecule has 2 aromatic carbocycles. The first-order valence-corrected chi connectivity index (χ1v) is 12.9. The number of para-hydroxylation sites is 1. The lowest BCUT2D eigenvalue weighted by Crippen LogP contribution is -2.36. The Kier molecular flexibility index (Phi) is 7.35. The average Bonchev–Trinajstić information content (AvgIpc) is 2.91. The Hall–Kier alpha value is -3.89. The molecular weight excluding hydrogens is 531 g/mol. The van der Waals surface area contributed by atoms with Gasteiger partial charge in [0.15, 0.2) is 5.65 Å². The van der Waals surface area contributed by atoms with Gasteiger partial charge < -0.3 is 15.0 Å². The summed E-state index contributed by atoms with van der Waals surface area (Å²) in [5, 5.41) is 3.52. The molecule has 0 spiro atoms. The van der Waals surface area contributed by atoms with Crippen LogP contribution in [0, 0.1) is 5.92 Å². The number of esters is 1. The van der Waals surface area contributed by atoms with E-state index >= 15 is 0 Å². The molecule has 1 aliphatic heterocycles. The molecule has 4 aromatic rings. The van der Waals surface area contributed by atoms with Gasteiger partial charge in [0.2, 0.25) is 5.95 Å². The minimum absolute atomic E-state index is 0.0468. The van der Waals surface area contributed by atoms with Crippen LogP contribution in [-0.2, 0) is 9.53 Å². The van der Waals surface area contributed by atoms with Crippen LogP contribution in [0.5, 0.6) is 0 Å². The smallest absolute Gasteiger partial charge is 0.334 e. The number of fused-ring (bicyclic) bond motifs is 1. The van der Waals surface area contributed by atoms with E-state index in [-0.39, 0.29) is 44.6 Å². The average molecular weight is 555 g/mol. The molecule has 1 fully saturated rings. The first kappa shape index (κ1) is 25.7. The Labute approximate surface area is 227 Å². The van der Waals surface area contributed by atoms with E-state index in [1.165, 1.54) is 6.20 Å². The SMILES string of the molecule is CCOC(=O)C1CCN(c2ccc(Nc3ncc4c(=O)n(-c5c(Cl)cccc5Cl)c(=O)[nH]c4n3)cc2)CC1. The van der Waals surface area contributed by atoms with Crippen molar-refractivity contribution in [2.75, 3.05) is 29.9 Å². The normalized spacial score (nSPS) is 14.0. The van der Waals surface area contributed by atoms with E-state index in [0.29, 0.717) is 6.61 Å². The summed E-state index contributed by atoms with van der Waals surface area (Å²) in [5.41, 5.74) is 0.586. The van der Waals surface area contributed by atoms with Crippen molar-refractivity contribution in [1.29, 1.82) is 0 Å². The predicted octanol–water partition coefficient (Wildman–Crippen LogP) is 4.30. The minimum atomic E-state index is -0.724. The molecule has 10 nitrogen and oxygen atoms in total. The van der Waals surface area contributed by atoms with Gasteiger partial charge in [0.05, 0.1) is 28.3 Å². The van der Waals surface area contributed by atoms with Crippen LogP contribution in [0.1, 0.15) is 19.8 Å². The molecule has 2 N–H and O–H groups in total. The second-order valence-electron chi connectivity index (χ2n) is 8.78. The summed E-state index contributed by atoms with van der Waals surface area (Å²) in [7, 11) is 0. The summed E-state index contributed by atoms with van der Waals surface area (Å²) < 4.78 is 6.02. The van der Waals surface area contributed by atoms with Gasteiger partial charge in [0.1, 0.15) is 5.39 Å². The number of hydrogen-bond donors (Lipinski definition) is 2. The zero-order valence-electron chi connectivity index (χ0n) is 20.4. The number of H-pyrrole nitrogens is 1. The molecule has 5 rings (SSSR count). The van der Waals surface area contributed by atoms with Crippen molar-refractivity contribution < 1.29 is 9.53 Å². The van der Waals surface area contributed by atoms with Crippen LogP contribution in [0.4, 0.5) is 17.3 Å². The maximum absolute atomic E-state index is 13.1. The topological polar surface area (TPSA) is 122 Å². The van der Waals surface area contributed by atoms with Gasteiger partial charge in [-0.05, 0) is 56.2 Å².